The molecule has 3 atom stereocenters. The van der Waals surface area contributed by atoms with E-state index < -0.39 is 29.2 Å². The van der Waals surface area contributed by atoms with Crippen molar-refractivity contribution in [2.24, 2.45) is 17.1 Å². The molecule has 1 unspecified atom stereocenters. The van der Waals surface area contributed by atoms with Crippen molar-refractivity contribution in [3.63, 3.8) is 0 Å². The Hall–Kier alpha value is -2.09. The van der Waals surface area contributed by atoms with Crippen molar-refractivity contribution in [3.8, 4) is 0 Å². The molecule has 3 aliphatic rings. The van der Waals surface area contributed by atoms with E-state index in [2.05, 4.69) is 0 Å². The van der Waals surface area contributed by atoms with Crippen LogP contribution in [0.3, 0.4) is 0 Å². The van der Waals surface area contributed by atoms with E-state index in [9.17, 15) is 22.8 Å². The maximum atomic E-state index is 13.8. The fraction of sp³-hybridized carbons (Fsp3) is 0.636. The molecular weight excluding hydrogens is 397 g/mol. The van der Waals surface area contributed by atoms with Crippen LogP contribution in [0.25, 0.3) is 0 Å². The van der Waals surface area contributed by atoms with E-state index in [4.69, 9.17) is 10.5 Å². The van der Waals surface area contributed by atoms with Crippen molar-refractivity contribution in [2.75, 3.05) is 6.54 Å². The van der Waals surface area contributed by atoms with Gasteiger partial charge in [-0.3, -0.25) is 9.59 Å². The normalized spacial score (nSPS) is 27.5. The average molecular weight is 424 g/mol. The van der Waals surface area contributed by atoms with Crippen LogP contribution in [-0.2, 0) is 33.5 Å². The summed E-state index contributed by atoms with van der Waals surface area (Å²) in [6.07, 6.45) is -0.992. The zero-order valence-electron chi connectivity index (χ0n) is 17.0. The number of benzene rings is 1. The van der Waals surface area contributed by atoms with E-state index in [0.29, 0.717) is 37.8 Å². The highest BCUT2D eigenvalue weighted by molar-refractivity contribution is 5.85. The molecule has 1 aromatic rings. The van der Waals surface area contributed by atoms with Gasteiger partial charge in [0, 0.05) is 26.1 Å². The lowest BCUT2D eigenvalue weighted by molar-refractivity contribution is -0.166. The molecule has 1 heterocycles. The monoisotopic (exact) mass is 424 g/mol. The lowest BCUT2D eigenvalue weighted by atomic mass is 9.75. The summed E-state index contributed by atoms with van der Waals surface area (Å²) in [6, 6.07) is 3.59. The lowest BCUT2D eigenvalue weighted by Crippen LogP contribution is -2.53. The third-order valence-corrected chi connectivity index (χ3v) is 6.73. The van der Waals surface area contributed by atoms with Gasteiger partial charge in [0.2, 0.25) is 5.91 Å². The molecule has 0 spiro atoms. The largest absolute Gasteiger partial charge is 0.461 e. The summed E-state index contributed by atoms with van der Waals surface area (Å²) in [6.45, 7) is 1.91. The van der Waals surface area contributed by atoms with Gasteiger partial charge in [-0.2, -0.15) is 13.2 Å². The van der Waals surface area contributed by atoms with E-state index in [1.54, 1.807) is 4.90 Å². The number of hydrogen-bond acceptors (Lipinski definition) is 4. The van der Waals surface area contributed by atoms with Crippen molar-refractivity contribution < 1.29 is 27.5 Å². The molecule has 5 nitrogen and oxygen atoms in total. The van der Waals surface area contributed by atoms with Crippen LogP contribution in [0.2, 0.25) is 0 Å². The van der Waals surface area contributed by atoms with Gasteiger partial charge in [0.25, 0.3) is 0 Å². The Labute approximate surface area is 173 Å². The fourth-order valence-corrected chi connectivity index (χ4v) is 5.15. The second-order valence-electron chi connectivity index (χ2n) is 8.98. The quantitative estimate of drug-likeness (QED) is 0.752. The minimum absolute atomic E-state index is 0.131. The molecule has 0 saturated heterocycles. The first-order valence-corrected chi connectivity index (χ1v) is 10.5. The average Bonchev–Trinajstić information content (AvgIpc) is 3.45. The number of carbonyl (C=O) groups is 2. The number of nitrogens with zero attached hydrogens (tertiary/aromatic N) is 1. The van der Waals surface area contributed by atoms with Gasteiger partial charge in [0.05, 0.1) is 11.0 Å². The van der Waals surface area contributed by atoms with Crippen LogP contribution in [0.4, 0.5) is 13.2 Å². The first-order chi connectivity index (χ1) is 14.1. The van der Waals surface area contributed by atoms with Crippen LogP contribution >= 0.6 is 0 Å². The van der Waals surface area contributed by atoms with Gasteiger partial charge in [0.15, 0.2) is 0 Å². The second-order valence-corrected chi connectivity index (χ2v) is 8.98. The number of rotatable bonds is 4. The Morgan fingerprint density at radius 1 is 1.23 bits per heavy atom. The molecule has 1 aromatic carbocycles. The molecule has 1 aliphatic heterocycles. The Kier molecular flexibility index (Phi) is 5.33. The summed E-state index contributed by atoms with van der Waals surface area (Å²) in [5, 5.41) is 0. The molecule has 0 bridgehead atoms. The third-order valence-electron chi connectivity index (χ3n) is 6.73. The van der Waals surface area contributed by atoms with Crippen LogP contribution in [0.5, 0.6) is 0 Å². The van der Waals surface area contributed by atoms with Crippen LogP contribution in [0.15, 0.2) is 18.2 Å². The molecular formula is C22H27F3N2O3. The molecule has 2 N–H and O–H groups in total. The minimum atomic E-state index is -4.42. The highest BCUT2D eigenvalue weighted by Gasteiger charge is 2.57. The number of amides is 1. The maximum Gasteiger partial charge on any atom is 0.416 e. The van der Waals surface area contributed by atoms with Crippen LogP contribution < -0.4 is 5.73 Å². The van der Waals surface area contributed by atoms with Crippen molar-refractivity contribution in [2.45, 2.75) is 70.3 Å². The fourth-order valence-electron chi connectivity index (χ4n) is 5.15. The van der Waals surface area contributed by atoms with Crippen molar-refractivity contribution in [3.05, 3.63) is 34.9 Å². The number of hydrogen-bond donors (Lipinski definition) is 1. The Balaban J connectivity index is 1.62. The van der Waals surface area contributed by atoms with E-state index >= 15 is 0 Å². The predicted octanol–water partition coefficient (Wildman–Crippen LogP) is 3.43. The van der Waals surface area contributed by atoms with Crippen molar-refractivity contribution >= 4 is 11.9 Å². The summed E-state index contributed by atoms with van der Waals surface area (Å²) >= 11 is 0. The Morgan fingerprint density at radius 3 is 2.53 bits per heavy atom. The van der Waals surface area contributed by atoms with Crippen molar-refractivity contribution in [1.29, 1.82) is 0 Å². The summed E-state index contributed by atoms with van der Waals surface area (Å²) in [4.78, 5) is 27.2. The number of alkyl halides is 3. The van der Waals surface area contributed by atoms with Gasteiger partial charge in [-0.05, 0) is 67.7 Å². The molecule has 2 saturated carbocycles. The van der Waals surface area contributed by atoms with E-state index in [1.807, 2.05) is 0 Å². The van der Waals surface area contributed by atoms with E-state index in [0.717, 1.165) is 30.5 Å². The third kappa shape index (κ3) is 3.94. The van der Waals surface area contributed by atoms with Gasteiger partial charge in [-0.1, -0.05) is 6.07 Å². The van der Waals surface area contributed by atoms with Gasteiger partial charge in [0.1, 0.15) is 6.10 Å². The maximum absolute atomic E-state index is 13.8. The number of esters is 1. The molecule has 164 valence electrons. The smallest absolute Gasteiger partial charge is 0.416 e. The zero-order valence-corrected chi connectivity index (χ0v) is 17.0. The zero-order chi connectivity index (χ0) is 21.7. The first-order valence-electron chi connectivity index (χ1n) is 10.5. The molecule has 1 amide bonds. The molecule has 4 rings (SSSR count). The topological polar surface area (TPSA) is 72.6 Å². The van der Waals surface area contributed by atoms with Gasteiger partial charge in [-0.15, -0.1) is 0 Å². The second kappa shape index (κ2) is 7.55. The van der Waals surface area contributed by atoms with Crippen LogP contribution in [0.1, 0.15) is 55.7 Å². The molecule has 0 radical (unpaired) electrons. The molecule has 2 aliphatic carbocycles. The molecule has 30 heavy (non-hydrogen) atoms. The van der Waals surface area contributed by atoms with Crippen LogP contribution in [0, 0.1) is 11.3 Å². The lowest BCUT2D eigenvalue weighted by Gasteiger charge is -2.41. The number of carbonyl (C=O) groups excluding carboxylic acids is 2. The van der Waals surface area contributed by atoms with Crippen molar-refractivity contribution in [1.82, 2.24) is 4.90 Å². The molecule has 8 heteroatoms. The molecule has 0 aromatic heterocycles. The minimum Gasteiger partial charge on any atom is -0.461 e. The van der Waals surface area contributed by atoms with Gasteiger partial charge < -0.3 is 15.4 Å². The standard InChI is InChI=1S/C22H27F3N2O3/c1-13(28)30-19(15-2-3-15)21(8-6-18(26)11-21)20(29)27-9-7-14-4-5-17(22(23,24)25)10-16(14)12-27/h4-5,10,15,18-19H,2-3,6-9,11-12,26H2,1H3/t18-,19?,21+/m1/s1. The predicted molar refractivity (Wildman–Crippen MR) is 103 cm³/mol. The highest BCUT2D eigenvalue weighted by Crippen LogP contribution is 2.52. The highest BCUT2D eigenvalue weighted by atomic mass is 19.4. The summed E-state index contributed by atoms with van der Waals surface area (Å²) in [5.41, 5.74) is 5.95. The Morgan fingerprint density at radius 2 is 1.97 bits per heavy atom. The summed E-state index contributed by atoms with van der Waals surface area (Å²) < 4.78 is 45.1. The number of halogens is 3. The summed E-state index contributed by atoms with van der Waals surface area (Å²) in [7, 11) is 0. The first kappa shape index (κ1) is 21.2. The van der Waals surface area contributed by atoms with Gasteiger partial charge >= 0.3 is 12.1 Å². The van der Waals surface area contributed by atoms with Gasteiger partial charge in [-0.25, -0.2) is 0 Å². The number of ether oxygens (including phenoxy) is 1. The SMILES string of the molecule is CC(=O)OC(C1CC1)[C@]1(C(=O)N2CCc3ccc(C(F)(F)F)cc3C2)CC[C@@H](N)C1. The van der Waals surface area contributed by atoms with E-state index in [1.165, 1.54) is 13.0 Å². The Bertz CT molecular complexity index is 853. The molecule has 2 fully saturated rings. The number of fused-ring (bicyclic) bond motifs is 1. The van der Waals surface area contributed by atoms with Crippen LogP contribution in [-0.4, -0.2) is 35.5 Å². The number of nitrogens with two attached hydrogens (primary N) is 1. The van der Waals surface area contributed by atoms with E-state index in [-0.39, 0.29) is 24.4 Å². The summed E-state index contributed by atoms with van der Waals surface area (Å²) in [5.74, 6) is -0.410.